The van der Waals surface area contributed by atoms with Gasteiger partial charge in [-0.3, -0.25) is 0 Å². The summed E-state index contributed by atoms with van der Waals surface area (Å²) in [6.07, 6.45) is -0.355. The summed E-state index contributed by atoms with van der Waals surface area (Å²) in [4.78, 5) is 30.3. The van der Waals surface area contributed by atoms with Crippen molar-refractivity contribution in [2.75, 3.05) is 39.3 Å². The zero-order valence-electron chi connectivity index (χ0n) is 17.4. The van der Waals surface area contributed by atoms with Crippen molar-refractivity contribution in [2.45, 2.75) is 32.9 Å². The zero-order chi connectivity index (χ0) is 21.9. The van der Waals surface area contributed by atoms with Crippen LogP contribution in [0.15, 0.2) is 18.2 Å². The molecule has 2 heterocycles. The van der Waals surface area contributed by atoms with Crippen molar-refractivity contribution in [3.8, 4) is 5.75 Å². The van der Waals surface area contributed by atoms with Crippen LogP contribution in [0.5, 0.6) is 5.75 Å². The number of carbonyl (C=O) groups is 2. The first-order valence-electron chi connectivity index (χ1n) is 9.77. The van der Waals surface area contributed by atoms with Crippen molar-refractivity contribution in [2.24, 2.45) is 0 Å². The molecule has 0 bridgehead atoms. The molecule has 3 amide bonds. The van der Waals surface area contributed by atoms with Crippen molar-refractivity contribution in [1.29, 1.82) is 0 Å². The molecule has 1 fully saturated rings. The number of carbonyl (C=O) groups excluding carboxylic acids is 2. The third-order valence-corrected chi connectivity index (χ3v) is 6.43. The van der Waals surface area contributed by atoms with Crippen molar-refractivity contribution < 1.29 is 49.2 Å². The molecule has 0 saturated carbocycles. The summed E-state index contributed by atoms with van der Waals surface area (Å²) >= 11 is -1.11. The summed E-state index contributed by atoms with van der Waals surface area (Å²) in [7, 11) is 0. The van der Waals surface area contributed by atoms with Crippen LogP contribution in [-0.2, 0) is 11.3 Å². The quantitative estimate of drug-likeness (QED) is 0.246. The van der Waals surface area contributed by atoms with E-state index in [2.05, 4.69) is 0 Å². The van der Waals surface area contributed by atoms with Crippen LogP contribution in [0, 0.1) is 8.78 Å². The second kappa shape index (κ2) is 9.54. The van der Waals surface area contributed by atoms with Crippen LogP contribution in [0.4, 0.5) is 9.59 Å². The van der Waals surface area contributed by atoms with E-state index in [1.807, 2.05) is 26.8 Å². The number of rotatable bonds is 2. The van der Waals surface area contributed by atoms with Crippen LogP contribution in [-0.4, -0.2) is 77.0 Å². The van der Waals surface area contributed by atoms with E-state index in [1.54, 1.807) is 26.8 Å². The average molecular weight is 535 g/mol. The van der Waals surface area contributed by atoms with Crippen molar-refractivity contribution in [1.82, 2.24) is 14.7 Å². The van der Waals surface area contributed by atoms with Crippen molar-refractivity contribution in [3.05, 3.63) is 32.5 Å². The molecule has 11 heteroatoms. The first kappa shape index (κ1) is 22.8. The van der Waals surface area contributed by atoms with Crippen molar-refractivity contribution in [3.63, 3.8) is 0 Å². The summed E-state index contributed by atoms with van der Waals surface area (Å²) in [5, 5.41) is 20.0. The van der Waals surface area contributed by atoms with E-state index in [9.17, 15) is 14.8 Å². The molecular formula is C19H28IN4O6-. The van der Waals surface area contributed by atoms with Gasteiger partial charge in [0.1, 0.15) is 5.60 Å². The average Bonchev–Trinajstić information content (AvgIpc) is 2.88. The molecule has 1 aromatic rings. The molecule has 0 aliphatic carbocycles. The number of halogens is 1. The van der Waals surface area contributed by atoms with E-state index in [1.165, 1.54) is 0 Å². The molecule has 168 valence electrons. The van der Waals surface area contributed by atoms with E-state index in [0.29, 0.717) is 51.6 Å². The predicted octanol–water partition coefficient (Wildman–Crippen LogP) is -2.50. The molecule has 0 aromatic heterocycles. The van der Waals surface area contributed by atoms with Gasteiger partial charge in [0.25, 0.3) is 0 Å². The number of ether oxygens (including phenoxy) is 2. The molecule has 1 saturated heterocycles. The number of urea groups is 1. The molecule has 3 rings (SSSR count). The van der Waals surface area contributed by atoms with Gasteiger partial charge in [0, 0.05) is 0 Å². The Kier molecular flexibility index (Phi) is 7.26. The Bertz CT molecular complexity index is 777. The van der Waals surface area contributed by atoms with E-state index in [4.69, 9.17) is 14.7 Å². The van der Waals surface area contributed by atoms with Gasteiger partial charge in [-0.05, 0) is 20.8 Å². The van der Waals surface area contributed by atoms with E-state index >= 15 is 0 Å². The minimum atomic E-state index is -1.11. The predicted molar refractivity (Wildman–Crippen MR) is 102 cm³/mol. The van der Waals surface area contributed by atoms with Crippen LogP contribution >= 0.6 is 0 Å². The second-order valence-electron chi connectivity index (χ2n) is 8.11. The number of amides is 3. The number of fused-ring (bicyclic) bond motifs is 1. The van der Waals surface area contributed by atoms with Gasteiger partial charge in [-0.2, -0.15) is 0 Å². The zero-order valence-corrected chi connectivity index (χ0v) is 19.5. The molecule has 0 radical (unpaired) electrons. The Morgan fingerprint density at radius 1 is 1.13 bits per heavy atom. The first-order valence-corrected chi connectivity index (χ1v) is 11.9. The van der Waals surface area contributed by atoms with Crippen LogP contribution in [0.1, 0.15) is 26.3 Å². The van der Waals surface area contributed by atoms with Gasteiger partial charge in [-0.25, -0.2) is 4.79 Å². The van der Waals surface area contributed by atoms with Crippen LogP contribution < -0.4 is 29.7 Å². The second-order valence-corrected chi connectivity index (χ2v) is 10.8. The molecule has 1 unspecified atom stereocenters. The number of hydrogen-bond donors (Lipinski definition) is 2. The maximum atomic E-state index is 13.0. The van der Waals surface area contributed by atoms with Gasteiger partial charge < -0.3 is 4.74 Å². The maximum absolute atomic E-state index is 13.0. The summed E-state index contributed by atoms with van der Waals surface area (Å²) < 4.78 is 11.2. The fourth-order valence-corrected chi connectivity index (χ4v) is 4.60. The number of piperazine rings is 1. The number of hydrogen-bond acceptors (Lipinski definition) is 6. The topological polar surface area (TPSA) is 110 Å². The fraction of sp³-hybridized carbons (Fsp3) is 0.579. The Morgan fingerprint density at radius 2 is 1.80 bits per heavy atom. The molecule has 2 aliphatic rings. The van der Waals surface area contributed by atoms with Gasteiger partial charge in [-0.1, -0.05) is 0 Å². The Labute approximate surface area is 186 Å². The molecule has 10 nitrogen and oxygen atoms in total. The Hall–Kier alpha value is -1.83. The van der Waals surface area contributed by atoms with Crippen LogP contribution in [0.3, 0.4) is 0 Å². The van der Waals surface area contributed by atoms with Gasteiger partial charge in [-0.15, -0.1) is 0 Å². The van der Waals surface area contributed by atoms with E-state index in [0.717, 1.165) is 9.13 Å². The van der Waals surface area contributed by atoms with Gasteiger partial charge in [0.15, 0.2) is 0 Å². The Morgan fingerprint density at radius 3 is 2.43 bits per heavy atom. The molecule has 0 spiro atoms. The minimum absolute atomic E-state index is 0.0858. The van der Waals surface area contributed by atoms with Crippen LogP contribution in [0.2, 0.25) is 0 Å². The molecule has 1 atom stereocenters. The van der Waals surface area contributed by atoms with Gasteiger partial charge in [0.2, 0.25) is 0 Å². The molecule has 2 N–H and O–H groups in total. The summed E-state index contributed by atoms with van der Waals surface area (Å²) in [6.45, 7) is 8.46. The third kappa shape index (κ3) is 6.09. The van der Waals surface area contributed by atoms with E-state index in [-0.39, 0.29) is 12.1 Å². The first-order chi connectivity index (χ1) is 14.1. The van der Waals surface area contributed by atoms with E-state index < -0.39 is 30.5 Å². The standard InChI is InChI=1S/C19H28IN4O6/c1-19(2,3)30-18(26)22-8-6-21(7-9-22)17(25)23-10-11-29-16-12-15(20-24(27)28)5-4-14(16)13-23/h4-5,12,24,27H,6-11,13H2,1-3H3/q-1. The monoisotopic (exact) mass is 535 g/mol. The summed E-state index contributed by atoms with van der Waals surface area (Å²) in [6, 6.07) is 5.35. The van der Waals surface area contributed by atoms with Crippen LogP contribution in [0.25, 0.3) is 0 Å². The van der Waals surface area contributed by atoms with Crippen molar-refractivity contribution >= 4 is 12.1 Å². The number of quaternary nitrogens is 1. The number of nitrogens with zero attached hydrogens (tertiary/aromatic N) is 3. The van der Waals surface area contributed by atoms with Gasteiger partial charge in [0.05, 0.1) is 0 Å². The molecule has 30 heavy (non-hydrogen) atoms. The summed E-state index contributed by atoms with van der Waals surface area (Å²) in [5.74, 6) is 0.651. The van der Waals surface area contributed by atoms with Gasteiger partial charge >= 0.3 is 151 Å². The molecular weight excluding hydrogens is 507 g/mol. The number of nitrogens with one attached hydrogen (secondary N) is 1. The normalized spacial score (nSPS) is 18.4. The Balaban J connectivity index is 1.58. The summed E-state index contributed by atoms with van der Waals surface area (Å²) in [5.41, 5.74) is 0.321. The fourth-order valence-electron chi connectivity index (χ4n) is 3.27. The molecule has 1 aromatic carbocycles. The number of benzene rings is 1. The SMILES string of the molecule is CC(C)(C)OC(=O)N1CCN(C(=O)N2CCOc3cc([I-][NH+]([O-])O)ccc3C2)CC1. The molecule has 2 aliphatic heterocycles. The third-order valence-electron chi connectivity index (χ3n) is 4.67.